The molecule has 0 aliphatic rings. The van der Waals surface area contributed by atoms with Crippen molar-refractivity contribution >= 4 is 16.4 Å². The summed E-state index contributed by atoms with van der Waals surface area (Å²) < 4.78 is 23.9. The predicted molar refractivity (Wildman–Crippen MR) is 46.1 cm³/mol. The molecule has 5 nitrogen and oxygen atoms in total. The lowest BCUT2D eigenvalue weighted by molar-refractivity contribution is -0.109. The van der Waals surface area contributed by atoms with Crippen LogP contribution in [0.5, 0.6) is 0 Å². The first-order chi connectivity index (χ1) is 5.27. The Morgan fingerprint density at radius 2 is 1.92 bits per heavy atom. The third kappa shape index (κ3) is 6.11. The van der Waals surface area contributed by atoms with Gasteiger partial charge < -0.3 is 5.32 Å². The number of carbonyl (C=O) groups excluding carboxylic acids is 1. The highest BCUT2D eigenvalue weighted by molar-refractivity contribution is 7.88. The van der Waals surface area contributed by atoms with Crippen LogP contribution in [-0.4, -0.2) is 33.2 Å². The molecule has 12 heavy (non-hydrogen) atoms. The number of hydrogen-bond donors (Lipinski definition) is 2. The van der Waals surface area contributed by atoms with Gasteiger partial charge in [0.1, 0.15) is 0 Å². The minimum atomic E-state index is -3.22. The predicted octanol–water partition coefficient (Wildman–Crippen LogP) is -0.940. The van der Waals surface area contributed by atoms with Crippen LogP contribution in [-0.2, 0) is 14.8 Å². The van der Waals surface area contributed by atoms with Crippen molar-refractivity contribution in [2.24, 2.45) is 0 Å². The molecule has 0 spiro atoms. The first kappa shape index (κ1) is 11.4. The van der Waals surface area contributed by atoms with E-state index in [9.17, 15) is 13.2 Å². The van der Waals surface area contributed by atoms with Gasteiger partial charge in [-0.3, -0.25) is 4.79 Å². The van der Waals surface area contributed by atoms with Gasteiger partial charge in [-0.25, -0.2) is 13.1 Å². The van der Waals surface area contributed by atoms with E-state index in [0.717, 1.165) is 6.26 Å². The zero-order valence-electron chi connectivity index (χ0n) is 7.42. The summed E-state index contributed by atoms with van der Waals surface area (Å²) in [5.41, 5.74) is -0.644. The summed E-state index contributed by atoms with van der Waals surface area (Å²) in [6.07, 6.45) is 1.61. The fraction of sp³-hybridized carbons (Fsp3) is 0.833. The van der Waals surface area contributed by atoms with Crippen molar-refractivity contribution in [3.63, 3.8) is 0 Å². The smallest absolute Gasteiger partial charge is 0.209 e. The Balaban J connectivity index is 4.13. The quantitative estimate of drug-likeness (QED) is 0.555. The van der Waals surface area contributed by atoms with Gasteiger partial charge in [0.2, 0.25) is 16.4 Å². The van der Waals surface area contributed by atoms with Crippen LogP contribution in [0.3, 0.4) is 0 Å². The van der Waals surface area contributed by atoms with Crippen molar-refractivity contribution in [1.82, 2.24) is 10.0 Å². The third-order valence-electron chi connectivity index (χ3n) is 1.09. The third-order valence-corrected chi connectivity index (χ3v) is 2.01. The Morgan fingerprint density at radius 3 is 2.25 bits per heavy atom. The number of carbonyl (C=O) groups is 1. The normalized spacial score (nSPS) is 12.6. The van der Waals surface area contributed by atoms with E-state index in [2.05, 4.69) is 10.0 Å². The summed E-state index contributed by atoms with van der Waals surface area (Å²) in [5, 5.41) is 2.40. The molecule has 0 heterocycles. The Morgan fingerprint density at radius 1 is 1.42 bits per heavy atom. The fourth-order valence-corrected chi connectivity index (χ4v) is 1.91. The Kier molecular flexibility index (Phi) is 3.66. The van der Waals surface area contributed by atoms with Crippen molar-refractivity contribution in [1.29, 1.82) is 0 Å². The minimum Gasteiger partial charge on any atom is -0.357 e. The highest BCUT2D eigenvalue weighted by atomic mass is 32.2. The Hall–Kier alpha value is -0.620. The lowest BCUT2D eigenvalue weighted by Crippen LogP contribution is -2.49. The van der Waals surface area contributed by atoms with E-state index >= 15 is 0 Å². The summed E-state index contributed by atoms with van der Waals surface area (Å²) in [4.78, 5) is 9.93. The molecule has 0 aliphatic heterocycles. The molecule has 0 aromatic rings. The number of amides is 1. The fourth-order valence-electron chi connectivity index (χ4n) is 0.835. The van der Waals surface area contributed by atoms with Crippen molar-refractivity contribution < 1.29 is 13.2 Å². The van der Waals surface area contributed by atoms with Gasteiger partial charge in [0, 0.05) is 12.1 Å². The van der Waals surface area contributed by atoms with Gasteiger partial charge in [0.05, 0.1) is 6.26 Å². The molecular weight excluding hydrogens is 180 g/mol. The van der Waals surface area contributed by atoms with Gasteiger partial charge in [-0.2, -0.15) is 0 Å². The van der Waals surface area contributed by atoms with Crippen LogP contribution in [0.1, 0.15) is 13.8 Å². The van der Waals surface area contributed by atoms with Crippen LogP contribution in [0.15, 0.2) is 0 Å². The van der Waals surface area contributed by atoms with Gasteiger partial charge in [0.25, 0.3) is 0 Å². The van der Waals surface area contributed by atoms with Gasteiger partial charge in [-0.1, -0.05) is 0 Å². The molecule has 0 aliphatic carbocycles. The lowest BCUT2D eigenvalue weighted by Gasteiger charge is -2.23. The molecule has 0 bridgehead atoms. The number of hydrogen-bond acceptors (Lipinski definition) is 3. The second kappa shape index (κ2) is 3.86. The van der Waals surface area contributed by atoms with E-state index in [1.165, 1.54) is 0 Å². The zero-order chi connectivity index (χ0) is 9.83. The monoisotopic (exact) mass is 194 g/mol. The summed E-state index contributed by atoms with van der Waals surface area (Å²) in [7, 11) is -3.22. The van der Waals surface area contributed by atoms with E-state index in [1.54, 1.807) is 13.8 Å². The molecule has 0 aromatic heterocycles. The number of rotatable bonds is 5. The average molecular weight is 194 g/mol. The molecule has 0 aromatic carbocycles. The molecular formula is C6H14N2O3S. The standard InChI is InChI=1S/C6H14N2O3S/c1-6(2,4-7-5-9)8-12(3,10)11/h5,8H,4H2,1-3H3,(H,7,9). The molecule has 0 fully saturated rings. The van der Waals surface area contributed by atoms with Crippen LogP contribution < -0.4 is 10.0 Å². The van der Waals surface area contributed by atoms with Crippen molar-refractivity contribution in [2.45, 2.75) is 19.4 Å². The van der Waals surface area contributed by atoms with Crippen LogP contribution in [0, 0.1) is 0 Å². The Bertz CT molecular complexity index is 246. The van der Waals surface area contributed by atoms with Crippen molar-refractivity contribution in [3.8, 4) is 0 Å². The average Bonchev–Trinajstić information content (AvgIpc) is 1.78. The summed E-state index contributed by atoms with van der Waals surface area (Å²) in [6, 6.07) is 0. The molecule has 0 unspecified atom stereocenters. The van der Waals surface area contributed by atoms with Crippen LogP contribution in [0.4, 0.5) is 0 Å². The molecule has 2 N–H and O–H groups in total. The number of nitrogens with one attached hydrogen (secondary N) is 2. The highest BCUT2D eigenvalue weighted by Crippen LogP contribution is 2.00. The summed E-state index contributed by atoms with van der Waals surface area (Å²) in [5.74, 6) is 0. The van der Waals surface area contributed by atoms with Crippen LogP contribution in [0.25, 0.3) is 0 Å². The summed E-state index contributed by atoms with van der Waals surface area (Å²) in [6.45, 7) is 3.64. The highest BCUT2D eigenvalue weighted by Gasteiger charge is 2.21. The lowest BCUT2D eigenvalue weighted by atomic mass is 10.1. The summed E-state index contributed by atoms with van der Waals surface area (Å²) >= 11 is 0. The minimum absolute atomic E-state index is 0.267. The van der Waals surface area contributed by atoms with E-state index in [1.807, 2.05) is 0 Å². The molecule has 6 heteroatoms. The van der Waals surface area contributed by atoms with Crippen LogP contribution in [0.2, 0.25) is 0 Å². The maximum Gasteiger partial charge on any atom is 0.209 e. The van der Waals surface area contributed by atoms with Gasteiger partial charge >= 0.3 is 0 Å². The van der Waals surface area contributed by atoms with E-state index in [-0.39, 0.29) is 6.54 Å². The van der Waals surface area contributed by atoms with Gasteiger partial charge in [-0.05, 0) is 13.8 Å². The maximum atomic E-state index is 10.8. The van der Waals surface area contributed by atoms with Gasteiger partial charge in [-0.15, -0.1) is 0 Å². The second-order valence-corrected chi connectivity index (χ2v) is 5.01. The Labute approximate surface area is 72.6 Å². The van der Waals surface area contributed by atoms with E-state index in [0.29, 0.717) is 6.41 Å². The zero-order valence-corrected chi connectivity index (χ0v) is 8.23. The molecule has 0 saturated heterocycles. The van der Waals surface area contributed by atoms with E-state index < -0.39 is 15.6 Å². The largest absolute Gasteiger partial charge is 0.357 e. The second-order valence-electron chi connectivity index (χ2n) is 3.26. The van der Waals surface area contributed by atoms with Crippen LogP contribution >= 0.6 is 0 Å². The number of sulfonamides is 1. The maximum absolute atomic E-state index is 10.8. The van der Waals surface area contributed by atoms with Crippen molar-refractivity contribution in [3.05, 3.63) is 0 Å². The SMILES string of the molecule is CC(C)(CNC=O)NS(C)(=O)=O. The first-order valence-electron chi connectivity index (χ1n) is 3.43. The molecule has 0 rings (SSSR count). The van der Waals surface area contributed by atoms with E-state index in [4.69, 9.17) is 0 Å². The topological polar surface area (TPSA) is 75.3 Å². The molecule has 1 amide bonds. The van der Waals surface area contributed by atoms with Crippen molar-refractivity contribution in [2.75, 3.05) is 12.8 Å². The first-order valence-corrected chi connectivity index (χ1v) is 5.32. The van der Waals surface area contributed by atoms with Gasteiger partial charge in [0.15, 0.2) is 0 Å². The molecule has 0 saturated carbocycles. The molecule has 72 valence electrons. The molecule has 0 atom stereocenters. The molecule has 0 radical (unpaired) electrons.